The number of aromatic nitrogens is 3. The van der Waals surface area contributed by atoms with Crippen LogP contribution in [0.15, 0.2) is 6.33 Å². The molecular formula is C13H24N4. The molecule has 1 aromatic heterocycles. The van der Waals surface area contributed by atoms with E-state index < -0.39 is 0 Å². The van der Waals surface area contributed by atoms with Gasteiger partial charge in [0.1, 0.15) is 12.2 Å². The molecular weight excluding hydrogens is 212 g/mol. The van der Waals surface area contributed by atoms with Crippen LogP contribution < -0.4 is 5.32 Å². The lowest BCUT2D eigenvalue weighted by Crippen LogP contribution is -2.33. The molecule has 1 heterocycles. The van der Waals surface area contributed by atoms with Crippen molar-refractivity contribution in [2.75, 3.05) is 6.54 Å². The lowest BCUT2D eigenvalue weighted by atomic mass is 9.96. The van der Waals surface area contributed by atoms with Crippen LogP contribution in [0.25, 0.3) is 0 Å². The van der Waals surface area contributed by atoms with Gasteiger partial charge in [0.05, 0.1) is 0 Å². The van der Waals surface area contributed by atoms with E-state index in [2.05, 4.69) is 22.3 Å². The third-order valence-electron chi connectivity index (χ3n) is 3.82. The first-order valence-corrected chi connectivity index (χ1v) is 6.85. The first kappa shape index (κ1) is 12.6. The Morgan fingerprint density at radius 1 is 1.47 bits per heavy atom. The molecule has 0 aromatic carbocycles. The molecule has 0 spiro atoms. The van der Waals surface area contributed by atoms with Crippen molar-refractivity contribution in [3.05, 3.63) is 12.2 Å². The van der Waals surface area contributed by atoms with Crippen LogP contribution in [0, 0.1) is 5.92 Å². The van der Waals surface area contributed by atoms with Crippen LogP contribution in [-0.2, 0) is 13.5 Å². The highest BCUT2D eigenvalue weighted by atomic mass is 15.3. The molecule has 2 rings (SSSR count). The minimum absolute atomic E-state index is 0.561. The van der Waals surface area contributed by atoms with E-state index in [1.54, 1.807) is 6.33 Å². The van der Waals surface area contributed by atoms with E-state index >= 15 is 0 Å². The summed E-state index contributed by atoms with van der Waals surface area (Å²) in [4.78, 5) is 4.32. The molecule has 4 nitrogen and oxygen atoms in total. The van der Waals surface area contributed by atoms with Gasteiger partial charge >= 0.3 is 0 Å². The highest BCUT2D eigenvalue weighted by Gasteiger charge is 2.20. The summed E-state index contributed by atoms with van der Waals surface area (Å²) in [5, 5.41) is 7.73. The zero-order valence-electron chi connectivity index (χ0n) is 11.0. The summed E-state index contributed by atoms with van der Waals surface area (Å²) in [5.41, 5.74) is 0. The van der Waals surface area contributed by atoms with Crippen LogP contribution >= 0.6 is 0 Å². The number of likely N-dealkylation sites (N-methyl/N-ethyl adjacent to an activating group) is 1. The molecule has 1 aliphatic carbocycles. The van der Waals surface area contributed by atoms with Gasteiger partial charge in [-0.1, -0.05) is 32.6 Å². The van der Waals surface area contributed by atoms with Crippen molar-refractivity contribution in [2.45, 2.75) is 51.5 Å². The Morgan fingerprint density at radius 3 is 2.82 bits per heavy atom. The van der Waals surface area contributed by atoms with Crippen LogP contribution in [0.5, 0.6) is 0 Å². The smallest absolute Gasteiger partial charge is 0.138 e. The first-order valence-electron chi connectivity index (χ1n) is 6.85. The zero-order chi connectivity index (χ0) is 12.1. The maximum atomic E-state index is 4.32. The lowest BCUT2D eigenvalue weighted by Gasteiger charge is -2.20. The van der Waals surface area contributed by atoms with E-state index in [0.717, 1.165) is 24.7 Å². The van der Waals surface area contributed by atoms with E-state index in [0.29, 0.717) is 6.04 Å². The molecule has 0 aliphatic heterocycles. The summed E-state index contributed by atoms with van der Waals surface area (Å²) in [6.45, 7) is 3.22. The molecule has 0 radical (unpaired) electrons. The Kier molecular flexibility index (Phi) is 4.54. The van der Waals surface area contributed by atoms with Gasteiger partial charge in [0.2, 0.25) is 0 Å². The topological polar surface area (TPSA) is 42.7 Å². The Balaban J connectivity index is 1.89. The minimum atomic E-state index is 0.561. The molecule has 0 amide bonds. The van der Waals surface area contributed by atoms with Gasteiger partial charge in [-0.2, -0.15) is 5.10 Å². The summed E-state index contributed by atoms with van der Waals surface area (Å²) < 4.78 is 1.89. The van der Waals surface area contributed by atoms with Crippen molar-refractivity contribution >= 4 is 0 Å². The van der Waals surface area contributed by atoms with Gasteiger partial charge in [0.25, 0.3) is 0 Å². The number of aryl methyl sites for hydroxylation is 1. The quantitative estimate of drug-likeness (QED) is 0.820. The first-order chi connectivity index (χ1) is 8.29. The van der Waals surface area contributed by atoms with E-state index in [-0.39, 0.29) is 0 Å². The van der Waals surface area contributed by atoms with E-state index in [4.69, 9.17) is 0 Å². The second-order valence-corrected chi connectivity index (χ2v) is 5.14. The van der Waals surface area contributed by atoms with Crippen LogP contribution in [0.4, 0.5) is 0 Å². The van der Waals surface area contributed by atoms with Crippen molar-refractivity contribution in [1.82, 2.24) is 20.1 Å². The van der Waals surface area contributed by atoms with E-state index in [1.165, 1.54) is 32.1 Å². The summed E-state index contributed by atoms with van der Waals surface area (Å²) in [5.74, 6) is 2.02. The second-order valence-electron chi connectivity index (χ2n) is 5.14. The van der Waals surface area contributed by atoms with Crippen LogP contribution in [-0.4, -0.2) is 27.4 Å². The van der Waals surface area contributed by atoms with Crippen LogP contribution in [0.3, 0.4) is 0 Å². The number of hydrogen-bond acceptors (Lipinski definition) is 3. The van der Waals surface area contributed by atoms with Gasteiger partial charge in [-0.15, -0.1) is 0 Å². The minimum Gasteiger partial charge on any atom is -0.314 e. The van der Waals surface area contributed by atoms with Crippen LogP contribution in [0.1, 0.15) is 44.9 Å². The normalized spacial score (nSPS) is 18.7. The Bertz CT molecular complexity index is 328. The third-order valence-corrected chi connectivity index (χ3v) is 3.82. The largest absolute Gasteiger partial charge is 0.314 e. The van der Waals surface area contributed by atoms with Crippen molar-refractivity contribution < 1.29 is 0 Å². The monoisotopic (exact) mass is 236 g/mol. The average Bonchev–Trinajstić information content (AvgIpc) is 2.92. The fraction of sp³-hybridized carbons (Fsp3) is 0.846. The lowest BCUT2D eigenvalue weighted by molar-refractivity contribution is 0.382. The predicted octanol–water partition coefficient (Wildman–Crippen LogP) is 1.92. The van der Waals surface area contributed by atoms with E-state index in [1.807, 2.05) is 11.7 Å². The van der Waals surface area contributed by atoms with Gasteiger partial charge in [0, 0.05) is 19.5 Å². The highest BCUT2D eigenvalue weighted by Crippen LogP contribution is 2.29. The maximum Gasteiger partial charge on any atom is 0.138 e. The summed E-state index contributed by atoms with van der Waals surface area (Å²) in [6, 6.07) is 0.561. The molecule has 1 fully saturated rings. The van der Waals surface area contributed by atoms with Gasteiger partial charge in [-0.25, -0.2) is 4.98 Å². The fourth-order valence-corrected chi connectivity index (χ4v) is 2.90. The van der Waals surface area contributed by atoms with Gasteiger partial charge in [0.15, 0.2) is 0 Å². The van der Waals surface area contributed by atoms with Crippen molar-refractivity contribution in [2.24, 2.45) is 13.0 Å². The maximum absolute atomic E-state index is 4.32. The van der Waals surface area contributed by atoms with Gasteiger partial charge < -0.3 is 5.32 Å². The van der Waals surface area contributed by atoms with Gasteiger partial charge in [-0.05, 0) is 18.9 Å². The Morgan fingerprint density at radius 2 is 2.24 bits per heavy atom. The molecule has 1 atom stereocenters. The second kappa shape index (κ2) is 6.15. The summed E-state index contributed by atoms with van der Waals surface area (Å²) in [6.07, 6.45) is 9.62. The standard InChI is InChI=1S/C13H24N4/c1-3-14-12(8-11-6-4-5-7-11)9-13-15-10-16-17(13)2/h10-12,14H,3-9H2,1-2H3. The zero-order valence-corrected chi connectivity index (χ0v) is 11.0. The number of nitrogens with one attached hydrogen (secondary N) is 1. The van der Waals surface area contributed by atoms with E-state index in [9.17, 15) is 0 Å². The molecule has 1 unspecified atom stereocenters. The molecule has 17 heavy (non-hydrogen) atoms. The number of rotatable bonds is 6. The predicted molar refractivity (Wildman–Crippen MR) is 68.7 cm³/mol. The molecule has 1 saturated carbocycles. The summed E-state index contributed by atoms with van der Waals surface area (Å²) in [7, 11) is 1.97. The highest BCUT2D eigenvalue weighted by molar-refractivity contribution is 4.90. The Hall–Kier alpha value is -0.900. The molecule has 0 saturated heterocycles. The average molecular weight is 236 g/mol. The van der Waals surface area contributed by atoms with Crippen molar-refractivity contribution in [1.29, 1.82) is 0 Å². The number of nitrogens with zero attached hydrogens (tertiary/aromatic N) is 3. The molecule has 96 valence electrons. The Labute approximate surface area is 104 Å². The SMILES string of the molecule is CCNC(Cc1ncnn1C)CC1CCCC1. The third kappa shape index (κ3) is 3.53. The fourth-order valence-electron chi connectivity index (χ4n) is 2.90. The van der Waals surface area contributed by atoms with Crippen molar-refractivity contribution in [3.8, 4) is 0 Å². The molecule has 0 bridgehead atoms. The molecule has 1 aromatic rings. The van der Waals surface area contributed by atoms with Gasteiger partial charge in [-0.3, -0.25) is 4.68 Å². The number of hydrogen-bond donors (Lipinski definition) is 1. The molecule has 1 N–H and O–H groups in total. The molecule has 4 heteroatoms. The molecule has 1 aliphatic rings. The van der Waals surface area contributed by atoms with Crippen LogP contribution in [0.2, 0.25) is 0 Å². The van der Waals surface area contributed by atoms with Crippen molar-refractivity contribution in [3.63, 3.8) is 0 Å². The summed E-state index contributed by atoms with van der Waals surface area (Å²) >= 11 is 0.